The standard InChI is InChI=1S/C28H23BrFN3O3/c1-35-26-13-20(24(29)14-27(26)36-17-18-5-4-6-22(30)11-18)12-21(15-31)28(34)32-10-9-19-16-33-25-8-3-2-7-23(19)25/h2-8,11-14,16,33H,9-10,17H2,1H3,(H,32,34)/b21-12-. The van der Waals surface area contributed by atoms with Crippen molar-refractivity contribution >= 4 is 38.8 Å². The Kier molecular flexibility index (Phi) is 8.03. The number of carbonyl (C=O) groups excluding carboxylic acids is 1. The number of carbonyl (C=O) groups is 1. The monoisotopic (exact) mass is 547 g/mol. The normalized spacial score (nSPS) is 11.2. The Bertz CT molecular complexity index is 1470. The number of benzene rings is 3. The van der Waals surface area contributed by atoms with Crippen LogP contribution in [0.5, 0.6) is 11.5 Å². The fourth-order valence-electron chi connectivity index (χ4n) is 3.77. The summed E-state index contributed by atoms with van der Waals surface area (Å²) < 4.78 is 25.3. The molecule has 0 aliphatic rings. The summed E-state index contributed by atoms with van der Waals surface area (Å²) in [6.07, 6.45) is 4.05. The summed E-state index contributed by atoms with van der Waals surface area (Å²) in [6, 6.07) is 19.4. The second kappa shape index (κ2) is 11.6. The number of fused-ring (bicyclic) bond motifs is 1. The Balaban J connectivity index is 1.44. The van der Waals surface area contributed by atoms with Crippen molar-refractivity contribution in [3.63, 3.8) is 0 Å². The highest BCUT2D eigenvalue weighted by Crippen LogP contribution is 2.35. The van der Waals surface area contributed by atoms with Gasteiger partial charge >= 0.3 is 0 Å². The summed E-state index contributed by atoms with van der Waals surface area (Å²) >= 11 is 3.47. The van der Waals surface area contributed by atoms with E-state index < -0.39 is 5.91 Å². The molecule has 0 atom stereocenters. The molecule has 2 N–H and O–H groups in total. The second-order valence-corrected chi connectivity index (χ2v) is 8.83. The van der Waals surface area contributed by atoms with Gasteiger partial charge in [-0.25, -0.2) is 4.39 Å². The Morgan fingerprint density at radius 3 is 2.78 bits per heavy atom. The first kappa shape index (κ1) is 25.0. The number of rotatable bonds is 9. The van der Waals surface area contributed by atoms with Gasteiger partial charge in [-0.15, -0.1) is 0 Å². The number of hydrogen-bond donors (Lipinski definition) is 2. The zero-order valence-electron chi connectivity index (χ0n) is 19.5. The lowest BCUT2D eigenvalue weighted by molar-refractivity contribution is -0.117. The third kappa shape index (κ3) is 5.93. The van der Waals surface area contributed by atoms with Gasteiger partial charge in [0.25, 0.3) is 5.91 Å². The number of H-pyrrole nitrogens is 1. The van der Waals surface area contributed by atoms with Gasteiger partial charge < -0.3 is 19.8 Å². The molecule has 0 saturated heterocycles. The summed E-state index contributed by atoms with van der Waals surface area (Å²) in [7, 11) is 1.49. The molecule has 0 saturated carbocycles. The Labute approximate surface area is 216 Å². The van der Waals surface area contributed by atoms with Crippen molar-refractivity contribution in [1.29, 1.82) is 5.26 Å². The van der Waals surface area contributed by atoms with Crippen molar-refractivity contribution < 1.29 is 18.7 Å². The number of nitriles is 1. The molecule has 0 radical (unpaired) electrons. The molecule has 0 fully saturated rings. The van der Waals surface area contributed by atoms with Crippen molar-refractivity contribution in [3.05, 3.63) is 99.4 Å². The third-order valence-corrected chi connectivity index (χ3v) is 6.27. The highest BCUT2D eigenvalue weighted by Gasteiger charge is 2.14. The maximum Gasteiger partial charge on any atom is 0.261 e. The average Bonchev–Trinajstić information content (AvgIpc) is 3.30. The van der Waals surface area contributed by atoms with E-state index in [1.807, 2.05) is 36.5 Å². The summed E-state index contributed by atoms with van der Waals surface area (Å²) in [5.41, 5.74) is 3.35. The summed E-state index contributed by atoms with van der Waals surface area (Å²) in [6.45, 7) is 0.537. The van der Waals surface area contributed by atoms with E-state index in [2.05, 4.69) is 26.2 Å². The molecular weight excluding hydrogens is 525 g/mol. The molecule has 36 heavy (non-hydrogen) atoms. The largest absolute Gasteiger partial charge is 0.493 e. The first-order valence-electron chi connectivity index (χ1n) is 11.2. The van der Waals surface area contributed by atoms with Gasteiger partial charge in [-0.2, -0.15) is 5.26 Å². The van der Waals surface area contributed by atoms with Crippen molar-refractivity contribution in [2.75, 3.05) is 13.7 Å². The molecular formula is C28H23BrFN3O3. The van der Waals surface area contributed by atoms with Crippen LogP contribution in [0.25, 0.3) is 17.0 Å². The Morgan fingerprint density at radius 1 is 1.17 bits per heavy atom. The van der Waals surface area contributed by atoms with Crippen LogP contribution in [0.3, 0.4) is 0 Å². The number of amides is 1. The van der Waals surface area contributed by atoms with Crippen LogP contribution >= 0.6 is 15.9 Å². The number of halogens is 2. The molecule has 1 heterocycles. The molecule has 4 rings (SSSR count). The zero-order valence-corrected chi connectivity index (χ0v) is 21.1. The minimum absolute atomic E-state index is 0.0369. The first-order chi connectivity index (χ1) is 17.5. The van der Waals surface area contributed by atoms with E-state index in [0.717, 1.165) is 16.5 Å². The van der Waals surface area contributed by atoms with Crippen LogP contribution in [0.15, 0.2) is 76.9 Å². The lowest BCUT2D eigenvalue weighted by Crippen LogP contribution is -2.26. The van der Waals surface area contributed by atoms with Crippen molar-refractivity contribution in [2.24, 2.45) is 0 Å². The lowest BCUT2D eigenvalue weighted by atomic mass is 10.1. The van der Waals surface area contributed by atoms with Crippen LogP contribution in [0.1, 0.15) is 16.7 Å². The van der Waals surface area contributed by atoms with E-state index in [-0.39, 0.29) is 18.0 Å². The predicted molar refractivity (Wildman–Crippen MR) is 140 cm³/mol. The number of hydrogen-bond acceptors (Lipinski definition) is 4. The molecule has 0 aliphatic carbocycles. The van der Waals surface area contributed by atoms with E-state index in [9.17, 15) is 14.4 Å². The Morgan fingerprint density at radius 2 is 2.00 bits per heavy atom. The van der Waals surface area contributed by atoms with E-state index in [4.69, 9.17) is 9.47 Å². The number of methoxy groups -OCH3 is 1. The molecule has 8 heteroatoms. The average molecular weight is 548 g/mol. The topological polar surface area (TPSA) is 87.1 Å². The summed E-state index contributed by atoms with van der Waals surface area (Å²) in [5.74, 6) is 0.0495. The number of aromatic nitrogens is 1. The molecule has 0 spiro atoms. The first-order valence-corrected chi connectivity index (χ1v) is 12.0. The van der Waals surface area contributed by atoms with Gasteiger partial charge in [-0.1, -0.05) is 46.3 Å². The number of nitrogens with one attached hydrogen (secondary N) is 2. The summed E-state index contributed by atoms with van der Waals surface area (Å²) in [4.78, 5) is 15.9. The van der Waals surface area contributed by atoms with E-state index >= 15 is 0 Å². The highest BCUT2D eigenvalue weighted by atomic mass is 79.9. The maximum atomic E-state index is 13.4. The number of ether oxygens (including phenoxy) is 2. The third-order valence-electron chi connectivity index (χ3n) is 5.59. The van der Waals surface area contributed by atoms with Crippen molar-refractivity contribution in [2.45, 2.75) is 13.0 Å². The molecule has 4 aromatic rings. The molecule has 0 aliphatic heterocycles. The van der Waals surface area contributed by atoms with Crippen LogP contribution in [-0.4, -0.2) is 24.5 Å². The molecule has 0 unspecified atom stereocenters. The van der Waals surface area contributed by atoms with Crippen LogP contribution in [0.2, 0.25) is 0 Å². The van der Waals surface area contributed by atoms with E-state index in [0.29, 0.717) is 40.1 Å². The van der Waals surface area contributed by atoms with Crippen LogP contribution < -0.4 is 14.8 Å². The van der Waals surface area contributed by atoms with Gasteiger partial charge in [0.2, 0.25) is 0 Å². The SMILES string of the molecule is COc1cc(/C=C(/C#N)C(=O)NCCc2c[nH]c3ccccc23)c(Br)cc1OCc1cccc(F)c1. The van der Waals surface area contributed by atoms with E-state index in [1.54, 1.807) is 24.3 Å². The van der Waals surface area contributed by atoms with Crippen LogP contribution in [-0.2, 0) is 17.8 Å². The molecule has 6 nitrogen and oxygen atoms in total. The lowest BCUT2D eigenvalue weighted by Gasteiger charge is -2.13. The smallest absolute Gasteiger partial charge is 0.261 e. The van der Waals surface area contributed by atoms with Crippen LogP contribution in [0, 0.1) is 17.1 Å². The fourth-order valence-corrected chi connectivity index (χ4v) is 4.21. The number of para-hydroxylation sites is 1. The Hall–Kier alpha value is -4.09. The zero-order chi connectivity index (χ0) is 25.5. The van der Waals surface area contributed by atoms with Crippen LogP contribution in [0.4, 0.5) is 4.39 Å². The molecule has 1 aromatic heterocycles. The highest BCUT2D eigenvalue weighted by molar-refractivity contribution is 9.10. The number of nitrogens with zero attached hydrogens (tertiary/aromatic N) is 1. The predicted octanol–water partition coefficient (Wildman–Crippen LogP) is 5.92. The van der Waals surface area contributed by atoms with Gasteiger partial charge in [-0.05, 0) is 59.5 Å². The quantitative estimate of drug-likeness (QED) is 0.201. The van der Waals surface area contributed by atoms with Gasteiger partial charge in [0.15, 0.2) is 11.5 Å². The van der Waals surface area contributed by atoms with Gasteiger partial charge in [-0.3, -0.25) is 4.79 Å². The molecule has 1 amide bonds. The van der Waals surface area contributed by atoms with Crippen molar-refractivity contribution in [1.82, 2.24) is 10.3 Å². The van der Waals surface area contributed by atoms with Gasteiger partial charge in [0, 0.05) is 28.1 Å². The molecule has 0 bridgehead atoms. The second-order valence-electron chi connectivity index (χ2n) is 7.98. The molecule has 3 aromatic carbocycles. The van der Waals surface area contributed by atoms with Gasteiger partial charge in [0.1, 0.15) is 24.1 Å². The van der Waals surface area contributed by atoms with Crippen molar-refractivity contribution in [3.8, 4) is 17.6 Å². The number of aromatic amines is 1. The minimum atomic E-state index is -0.463. The fraction of sp³-hybridized carbons (Fsp3) is 0.143. The van der Waals surface area contributed by atoms with E-state index in [1.165, 1.54) is 25.3 Å². The van der Waals surface area contributed by atoms with Gasteiger partial charge in [0.05, 0.1) is 7.11 Å². The molecule has 182 valence electrons. The maximum absolute atomic E-state index is 13.4. The minimum Gasteiger partial charge on any atom is -0.493 e. The summed E-state index contributed by atoms with van der Waals surface area (Å²) in [5, 5.41) is 13.5.